The van der Waals surface area contributed by atoms with Crippen molar-refractivity contribution in [1.29, 1.82) is 0 Å². The van der Waals surface area contributed by atoms with Gasteiger partial charge >= 0.3 is 0 Å². The number of carbonyl (C=O) groups is 1. The lowest BCUT2D eigenvalue weighted by Crippen LogP contribution is -2.65. The average molecular weight is 481 g/mol. The number of fused-ring (bicyclic) bond motifs is 1. The highest BCUT2D eigenvalue weighted by atomic mass is 35.5. The molecule has 0 aromatic heterocycles. The van der Waals surface area contributed by atoms with Gasteiger partial charge in [0.2, 0.25) is 11.4 Å². The standard InChI is InChI=1S/C27H22Cl2O4/c1-18-13-15-31-26(18)25(30)23-17-22(29)11-12-24(23)33-27(26,20-7-9-21(28)10-8-20)32-16-14-19-5-3-2-4-6-19/h2-13,17H,14-16H2,1H3. The van der Waals surface area contributed by atoms with Crippen molar-refractivity contribution >= 4 is 29.0 Å². The summed E-state index contributed by atoms with van der Waals surface area (Å²) in [6, 6.07) is 22.2. The quantitative estimate of drug-likeness (QED) is 0.396. The summed E-state index contributed by atoms with van der Waals surface area (Å²) in [5, 5.41) is 1.02. The SMILES string of the molecule is CC1=CCOC12C(=O)c1cc(Cl)ccc1OC2(OCCc1ccccc1)c1ccc(Cl)cc1. The van der Waals surface area contributed by atoms with Crippen LogP contribution in [-0.4, -0.2) is 24.6 Å². The number of ether oxygens (including phenoxy) is 3. The molecule has 0 saturated carbocycles. The van der Waals surface area contributed by atoms with Gasteiger partial charge < -0.3 is 14.2 Å². The van der Waals surface area contributed by atoms with Crippen LogP contribution in [0.1, 0.15) is 28.4 Å². The minimum Gasteiger partial charge on any atom is -0.453 e. The van der Waals surface area contributed by atoms with Crippen molar-refractivity contribution in [3.05, 3.63) is 111 Å². The summed E-state index contributed by atoms with van der Waals surface area (Å²) in [5.41, 5.74) is 1.37. The molecule has 6 heteroatoms. The molecule has 0 bridgehead atoms. The van der Waals surface area contributed by atoms with E-state index in [0.717, 1.165) is 11.1 Å². The van der Waals surface area contributed by atoms with Gasteiger partial charge in [-0.25, -0.2) is 0 Å². The molecule has 0 radical (unpaired) electrons. The first-order chi connectivity index (χ1) is 16.0. The molecule has 0 fully saturated rings. The molecule has 2 aliphatic heterocycles. The molecule has 2 heterocycles. The minimum absolute atomic E-state index is 0.243. The van der Waals surface area contributed by atoms with Crippen LogP contribution in [0.5, 0.6) is 5.75 Å². The Bertz CT molecular complexity index is 1220. The molecule has 3 aromatic carbocycles. The first-order valence-electron chi connectivity index (χ1n) is 10.7. The van der Waals surface area contributed by atoms with Gasteiger partial charge in [-0.2, -0.15) is 0 Å². The summed E-state index contributed by atoms with van der Waals surface area (Å²) < 4.78 is 19.4. The van der Waals surface area contributed by atoms with Crippen LogP contribution in [-0.2, 0) is 21.7 Å². The molecule has 2 atom stereocenters. The Balaban J connectivity index is 1.66. The van der Waals surface area contributed by atoms with Gasteiger partial charge in [-0.15, -0.1) is 0 Å². The Morgan fingerprint density at radius 3 is 2.39 bits per heavy atom. The molecule has 5 rings (SSSR count). The minimum atomic E-state index is -1.54. The lowest BCUT2D eigenvalue weighted by atomic mass is 9.74. The number of hydrogen-bond acceptors (Lipinski definition) is 4. The van der Waals surface area contributed by atoms with Crippen LogP contribution in [0.4, 0.5) is 0 Å². The predicted molar refractivity (Wildman–Crippen MR) is 128 cm³/mol. The van der Waals surface area contributed by atoms with Crippen molar-refractivity contribution < 1.29 is 19.0 Å². The van der Waals surface area contributed by atoms with Crippen molar-refractivity contribution in [2.24, 2.45) is 0 Å². The highest BCUT2D eigenvalue weighted by Gasteiger charge is 2.67. The first-order valence-corrected chi connectivity index (χ1v) is 11.5. The lowest BCUT2D eigenvalue weighted by Gasteiger charge is -2.49. The molecular weight excluding hydrogens is 459 g/mol. The van der Waals surface area contributed by atoms with Crippen LogP contribution in [0, 0.1) is 0 Å². The highest BCUT2D eigenvalue weighted by Crippen LogP contribution is 2.53. The van der Waals surface area contributed by atoms with E-state index >= 15 is 0 Å². The summed E-state index contributed by atoms with van der Waals surface area (Å²) in [6.45, 7) is 2.45. The normalized spacial score (nSPS) is 23.8. The maximum atomic E-state index is 14.1. The third-order valence-corrected chi connectivity index (χ3v) is 6.72. The van der Waals surface area contributed by atoms with E-state index in [1.165, 1.54) is 0 Å². The van der Waals surface area contributed by atoms with Crippen LogP contribution >= 0.6 is 23.2 Å². The van der Waals surface area contributed by atoms with E-state index in [4.69, 9.17) is 37.4 Å². The maximum absolute atomic E-state index is 14.1. The Kier molecular flexibility index (Phi) is 5.79. The topological polar surface area (TPSA) is 44.8 Å². The number of rotatable bonds is 5. The molecule has 2 unspecified atom stereocenters. The molecule has 2 aliphatic rings. The molecule has 168 valence electrons. The number of halogens is 2. The Hall–Kier alpha value is -2.63. The van der Waals surface area contributed by atoms with Gasteiger partial charge in [0, 0.05) is 15.6 Å². The van der Waals surface area contributed by atoms with Gasteiger partial charge in [-0.05, 0) is 54.8 Å². The summed E-state index contributed by atoms with van der Waals surface area (Å²) in [4.78, 5) is 14.1. The van der Waals surface area contributed by atoms with Crippen molar-refractivity contribution in [1.82, 2.24) is 0 Å². The van der Waals surface area contributed by atoms with Crippen LogP contribution in [0.15, 0.2) is 84.4 Å². The lowest BCUT2D eigenvalue weighted by molar-refractivity contribution is -0.273. The van der Waals surface area contributed by atoms with Gasteiger partial charge in [0.15, 0.2) is 0 Å². The monoisotopic (exact) mass is 480 g/mol. The fourth-order valence-corrected chi connectivity index (χ4v) is 4.88. The maximum Gasteiger partial charge on any atom is 0.278 e. The smallest absolute Gasteiger partial charge is 0.278 e. The zero-order valence-electron chi connectivity index (χ0n) is 18.0. The van der Waals surface area contributed by atoms with Gasteiger partial charge in [0.1, 0.15) is 5.75 Å². The molecule has 0 N–H and O–H groups in total. The van der Waals surface area contributed by atoms with Crippen LogP contribution in [0.25, 0.3) is 0 Å². The van der Waals surface area contributed by atoms with E-state index in [-0.39, 0.29) is 12.4 Å². The van der Waals surface area contributed by atoms with Gasteiger partial charge in [-0.1, -0.05) is 71.7 Å². The van der Waals surface area contributed by atoms with Crippen molar-refractivity contribution in [3.8, 4) is 5.75 Å². The molecular formula is C27H22Cl2O4. The second-order valence-corrected chi connectivity index (χ2v) is 9.03. The molecule has 33 heavy (non-hydrogen) atoms. The summed E-state index contributed by atoms with van der Waals surface area (Å²) in [7, 11) is 0. The largest absolute Gasteiger partial charge is 0.453 e. The van der Waals surface area contributed by atoms with Crippen molar-refractivity contribution in [3.63, 3.8) is 0 Å². The van der Waals surface area contributed by atoms with Crippen molar-refractivity contribution in [2.45, 2.75) is 24.7 Å². The van der Waals surface area contributed by atoms with E-state index < -0.39 is 11.4 Å². The zero-order chi connectivity index (χ0) is 23.1. The fourth-order valence-electron chi connectivity index (χ4n) is 4.59. The van der Waals surface area contributed by atoms with E-state index in [9.17, 15) is 4.79 Å². The number of Topliss-reactive ketones (excluding diaryl/α,β-unsaturated/α-hetero) is 1. The van der Waals surface area contributed by atoms with Gasteiger partial charge in [0.05, 0.1) is 18.8 Å². The summed E-state index contributed by atoms with van der Waals surface area (Å²) in [5.74, 6) is -1.39. The third kappa shape index (κ3) is 3.58. The van der Waals surface area contributed by atoms with Gasteiger partial charge in [0.25, 0.3) is 5.79 Å². The van der Waals surface area contributed by atoms with Crippen LogP contribution in [0.3, 0.4) is 0 Å². The molecule has 1 spiro atoms. The summed E-state index contributed by atoms with van der Waals surface area (Å²) in [6.07, 6.45) is 2.53. The van der Waals surface area contributed by atoms with E-state index in [2.05, 4.69) is 0 Å². The van der Waals surface area contributed by atoms with Crippen LogP contribution in [0.2, 0.25) is 10.0 Å². The first kappa shape index (κ1) is 22.2. The van der Waals surface area contributed by atoms with E-state index in [1.807, 2.05) is 55.5 Å². The molecule has 0 saturated heterocycles. The average Bonchev–Trinajstić information content (AvgIpc) is 3.21. The predicted octanol–water partition coefficient (Wildman–Crippen LogP) is 6.40. The molecule has 0 aliphatic carbocycles. The highest BCUT2D eigenvalue weighted by molar-refractivity contribution is 6.31. The van der Waals surface area contributed by atoms with Crippen LogP contribution < -0.4 is 4.74 Å². The Morgan fingerprint density at radius 1 is 0.970 bits per heavy atom. The fraction of sp³-hybridized carbons (Fsp3) is 0.222. The number of ketones is 1. The molecule has 4 nitrogen and oxygen atoms in total. The second kappa shape index (κ2) is 8.62. The Labute approximate surface area is 202 Å². The Morgan fingerprint density at radius 2 is 1.70 bits per heavy atom. The summed E-state index contributed by atoms with van der Waals surface area (Å²) >= 11 is 12.4. The van der Waals surface area contributed by atoms with E-state index in [1.54, 1.807) is 30.3 Å². The number of benzene rings is 3. The number of hydrogen-bond donors (Lipinski definition) is 0. The number of carbonyl (C=O) groups excluding carboxylic acids is 1. The zero-order valence-corrected chi connectivity index (χ0v) is 19.5. The second-order valence-electron chi connectivity index (χ2n) is 8.16. The molecule has 3 aromatic rings. The third-order valence-electron chi connectivity index (χ3n) is 6.23. The van der Waals surface area contributed by atoms with E-state index in [0.29, 0.717) is 39.9 Å². The van der Waals surface area contributed by atoms with Gasteiger partial charge in [-0.3, -0.25) is 4.79 Å². The molecule has 0 amide bonds. The van der Waals surface area contributed by atoms with Crippen molar-refractivity contribution in [2.75, 3.05) is 13.2 Å².